The predicted octanol–water partition coefficient (Wildman–Crippen LogP) is 1.67. The number of carbonyl (C=O) groups is 2. The Morgan fingerprint density at radius 2 is 2.24 bits per heavy atom. The molecule has 1 aliphatic rings. The molecule has 0 radical (unpaired) electrons. The van der Waals surface area contributed by atoms with Crippen molar-refractivity contribution in [3.63, 3.8) is 0 Å². The van der Waals surface area contributed by atoms with Crippen molar-refractivity contribution >= 4 is 11.9 Å². The lowest BCUT2D eigenvalue weighted by atomic mass is 10.0. The number of aliphatic carboxylic acids is 1. The highest BCUT2D eigenvalue weighted by Crippen LogP contribution is 2.37. The van der Waals surface area contributed by atoms with E-state index in [9.17, 15) is 14.7 Å². The highest BCUT2D eigenvalue weighted by molar-refractivity contribution is 5.84. The minimum Gasteiger partial charge on any atom is -0.493 e. The lowest BCUT2D eigenvalue weighted by Crippen LogP contribution is -2.32. The maximum atomic E-state index is 11.4. The van der Waals surface area contributed by atoms with Gasteiger partial charge in [0, 0.05) is 24.5 Å². The number of nitrogens with one attached hydrogen (secondary N) is 1. The largest absolute Gasteiger partial charge is 0.493 e. The van der Waals surface area contributed by atoms with E-state index in [1.165, 1.54) is 6.92 Å². The Morgan fingerprint density at radius 1 is 1.52 bits per heavy atom. The Labute approximate surface area is 123 Å². The Balaban J connectivity index is 2.46. The quantitative estimate of drug-likeness (QED) is 0.862. The first-order chi connectivity index (χ1) is 9.92. The zero-order valence-electron chi connectivity index (χ0n) is 12.3. The van der Waals surface area contributed by atoms with Crippen LogP contribution in [0, 0.1) is 0 Å². The van der Waals surface area contributed by atoms with Crippen LogP contribution in [0.5, 0.6) is 11.5 Å². The van der Waals surface area contributed by atoms with Crippen LogP contribution in [0.2, 0.25) is 0 Å². The van der Waals surface area contributed by atoms with Crippen LogP contribution in [-0.4, -0.2) is 29.7 Å². The number of carbonyl (C=O) groups excluding carboxylic acids is 1. The van der Waals surface area contributed by atoms with Gasteiger partial charge in [0.2, 0.25) is 5.91 Å². The van der Waals surface area contributed by atoms with Gasteiger partial charge in [-0.15, -0.1) is 0 Å². The maximum Gasteiger partial charge on any atom is 0.331 e. The Morgan fingerprint density at radius 3 is 2.81 bits per heavy atom. The summed E-state index contributed by atoms with van der Waals surface area (Å²) in [5, 5.41) is 11.8. The summed E-state index contributed by atoms with van der Waals surface area (Å²) in [4.78, 5) is 22.7. The third-order valence-corrected chi connectivity index (χ3v) is 3.23. The molecule has 114 valence electrons. The summed E-state index contributed by atoms with van der Waals surface area (Å²) < 4.78 is 11.2. The number of hydrogen-bond donors (Lipinski definition) is 2. The average molecular weight is 293 g/mol. The van der Waals surface area contributed by atoms with Crippen molar-refractivity contribution < 1.29 is 24.2 Å². The van der Waals surface area contributed by atoms with Crippen molar-refractivity contribution in [2.24, 2.45) is 0 Å². The molecule has 1 amide bonds. The van der Waals surface area contributed by atoms with Gasteiger partial charge in [-0.05, 0) is 26.0 Å². The number of hydrogen-bond acceptors (Lipinski definition) is 4. The van der Waals surface area contributed by atoms with Gasteiger partial charge in [0.25, 0.3) is 0 Å². The summed E-state index contributed by atoms with van der Waals surface area (Å²) in [7, 11) is 0. The van der Waals surface area contributed by atoms with E-state index >= 15 is 0 Å². The molecular weight excluding hydrogens is 274 g/mol. The van der Waals surface area contributed by atoms with E-state index in [1.807, 2.05) is 13.8 Å². The number of fused-ring (bicyclic) bond motifs is 1. The molecule has 21 heavy (non-hydrogen) atoms. The zero-order valence-corrected chi connectivity index (χ0v) is 12.3. The topological polar surface area (TPSA) is 84.9 Å². The number of amides is 1. The molecule has 2 atom stereocenters. The normalized spacial score (nSPS) is 17.6. The third kappa shape index (κ3) is 3.26. The minimum absolute atomic E-state index is 0.0498. The predicted molar refractivity (Wildman–Crippen MR) is 75.6 cm³/mol. The fraction of sp³-hybridized carbons (Fsp3) is 0.467. The molecule has 0 saturated heterocycles. The summed E-state index contributed by atoms with van der Waals surface area (Å²) in [5.74, 6) is -0.440. The molecule has 0 fully saturated rings. The van der Waals surface area contributed by atoms with Crippen molar-refractivity contribution in [3.8, 4) is 11.5 Å². The van der Waals surface area contributed by atoms with Gasteiger partial charge in [-0.1, -0.05) is 0 Å². The summed E-state index contributed by atoms with van der Waals surface area (Å²) in [6, 6.07) is 2.29. The molecular formula is C15H19NO5. The maximum absolute atomic E-state index is 11.4. The Bertz CT molecular complexity index is 569. The van der Waals surface area contributed by atoms with Crippen molar-refractivity contribution in [2.45, 2.75) is 39.3 Å². The monoisotopic (exact) mass is 293 g/mol. The highest BCUT2D eigenvalue weighted by Gasteiger charge is 2.29. The second-order valence-electron chi connectivity index (χ2n) is 5.04. The molecule has 1 heterocycles. The van der Waals surface area contributed by atoms with Gasteiger partial charge in [0.05, 0.1) is 6.61 Å². The van der Waals surface area contributed by atoms with Gasteiger partial charge in [-0.25, -0.2) is 4.79 Å². The van der Waals surface area contributed by atoms with Crippen LogP contribution < -0.4 is 14.8 Å². The molecule has 2 unspecified atom stereocenters. The molecule has 1 aliphatic heterocycles. The third-order valence-electron chi connectivity index (χ3n) is 3.23. The van der Waals surface area contributed by atoms with Gasteiger partial charge in [0.1, 0.15) is 17.6 Å². The van der Waals surface area contributed by atoms with E-state index in [2.05, 4.69) is 5.32 Å². The SMILES string of the molecule is CCOc1cc2c(cc1C(NC(C)=O)C(=O)O)OC(C)C2. The zero-order chi connectivity index (χ0) is 15.6. The molecule has 6 heteroatoms. The molecule has 0 spiro atoms. The molecule has 0 saturated carbocycles. The molecule has 2 N–H and O–H groups in total. The summed E-state index contributed by atoms with van der Waals surface area (Å²) in [6.07, 6.45) is 0.807. The van der Waals surface area contributed by atoms with Gasteiger partial charge >= 0.3 is 5.97 Å². The van der Waals surface area contributed by atoms with E-state index < -0.39 is 17.9 Å². The molecule has 6 nitrogen and oxygen atoms in total. The summed E-state index contributed by atoms with van der Waals surface area (Å²) in [5.41, 5.74) is 1.38. The molecule has 0 aliphatic carbocycles. The van der Waals surface area contributed by atoms with Gasteiger partial charge in [-0.2, -0.15) is 0 Å². The number of carboxylic acids is 1. The standard InChI is InChI=1S/C15H19NO5/c1-4-20-13-6-10-5-8(2)21-12(10)7-11(13)14(15(18)19)16-9(3)17/h6-8,14H,4-5H2,1-3H3,(H,16,17)(H,18,19). The van der Waals surface area contributed by atoms with E-state index in [-0.39, 0.29) is 6.10 Å². The van der Waals surface area contributed by atoms with Crippen LogP contribution >= 0.6 is 0 Å². The van der Waals surface area contributed by atoms with E-state index in [4.69, 9.17) is 9.47 Å². The van der Waals surface area contributed by atoms with Crippen molar-refractivity contribution in [3.05, 3.63) is 23.3 Å². The summed E-state index contributed by atoms with van der Waals surface area (Å²) in [6.45, 7) is 5.46. The first-order valence-corrected chi connectivity index (χ1v) is 6.88. The van der Waals surface area contributed by atoms with E-state index in [0.29, 0.717) is 23.7 Å². The van der Waals surface area contributed by atoms with Crippen LogP contribution in [0.4, 0.5) is 0 Å². The van der Waals surface area contributed by atoms with Gasteiger partial charge < -0.3 is 19.9 Å². The number of carboxylic acid groups (broad SMARTS) is 1. The highest BCUT2D eigenvalue weighted by atomic mass is 16.5. The first kappa shape index (κ1) is 15.2. The average Bonchev–Trinajstić information content (AvgIpc) is 2.74. The number of ether oxygens (including phenoxy) is 2. The molecule has 2 rings (SSSR count). The first-order valence-electron chi connectivity index (χ1n) is 6.88. The second kappa shape index (κ2) is 6.03. The molecule has 1 aromatic carbocycles. The minimum atomic E-state index is -1.16. The fourth-order valence-corrected chi connectivity index (χ4v) is 2.44. The van der Waals surface area contributed by atoms with Crippen molar-refractivity contribution in [1.29, 1.82) is 0 Å². The molecule has 0 bridgehead atoms. The van der Waals surface area contributed by atoms with Gasteiger partial charge in [-0.3, -0.25) is 4.79 Å². The Kier molecular flexibility index (Phi) is 4.35. The summed E-state index contributed by atoms with van der Waals surface area (Å²) >= 11 is 0. The van der Waals surface area contributed by atoms with Crippen LogP contribution in [-0.2, 0) is 16.0 Å². The lowest BCUT2D eigenvalue weighted by molar-refractivity contribution is -0.141. The van der Waals surface area contributed by atoms with Crippen LogP contribution in [0.25, 0.3) is 0 Å². The number of rotatable bonds is 5. The van der Waals surface area contributed by atoms with E-state index in [1.54, 1.807) is 12.1 Å². The molecule has 0 aromatic heterocycles. The lowest BCUT2D eigenvalue weighted by Gasteiger charge is -2.18. The van der Waals surface area contributed by atoms with Crippen LogP contribution in [0.1, 0.15) is 37.9 Å². The smallest absolute Gasteiger partial charge is 0.331 e. The fourth-order valence-electron chi connectivity index (χ4n) is 2.44. The van der Waals surface area contributed by atoms with E-state index in [0.717, 1.165) is 12.0 Å². The van der Waals surface area contributed by atoms with Gasteiger partial charge in [0.15, 0.2) is 6.04 Å². The number of benzene rings is 1. The second-order valence-corrected chi connectivity index (χ2v) is 5.04. The van der Waals surface area contributed by atoms with Crippen LogP contribution in [0.3, 0.4) is 0 Å². The Hall–Kier alpha value is -2.24. The van der Waals surface area contributed by atoms with Crippen molar-refractivity contribution in [2.75, 3.05) is 6.61 Å². The van der Waals surface area contributed by atoms with Crippen molar-refractivity contribution in [1.82, 2.24) is 5.32 Å². The molecule has 1 aromatic rings. The van der Waals surface area contributed by atoms with Crippen LogP contribution in [0.15, 0.2) is 12.1 Å².